The number of nitriles is 1. The monoisotopic (exact) mass is 430 g/mol. The van der Waals surface area contributed by atoms with Gasteiger partial charge in [-0.1, -0.05) is 12.1 Å². The van der Waals surface area contributed by atoms with Crippen molar-refractivity contribution in [3.05, 3.63) is 59.2 Å². The number of benzene rings is 2. The Morgan fingerprint density at radius 2 is 1.77 bits per heavy atom. The number of nitrogens with zero attached hydrogens (tertiary/aromatic N) is 3. The average Bonchev–Trinajstić information content (AvgIpc) is 2.93. The van der Waals surface area contributed by atoms with E-state index in [1.54, 1.807) is 11.0 Å². The number of carbonyl (C=O) groups excluding carboxylic acids is 1. The van der Waals surface area contributed by atoms with Crippen LogP contribution in [0.15, 0.2) is 42.5 Å². The number of thiocarbonyl (C=S) groups is 1. The van der Waals surface area contributed by atoms with E-state index in [1.165, 1.54) is 6.07 Å². The molecule has 2 fully saturated rings. The van der Waals surface area contributed by atoms with Crippen LogP contribution in [0.3, 0.4) is 0 Å². The summed E-state index contributed by atoms with van der Waals surface area (Å²) < 4.78 is 40.3. The molecule has 0 atom stereocenters. The van der Waals surface area contributed by atoms with Crippen LogP contribution >= 0.6 is 12.2 Å². The van der Waals surface area contributed by atoms with Gasteiger partial charge in [0.2, 0.25) is 0 Å². The van der Waals surface area contributed by atoms with E-state index in [0.717, 1.165) is 29.0 Å². The van der Waals surface area contributed by atoms with Crippen molar-refractivity contribution in [3.63, 3.8) is 0 Å². The SMILES string of the molecule is N#Cc1ccc(N2C(=O)C3(CCC3)N(c3ccc(CN)cc3)C2=S)cc1C(F)(F)F. The molecule has 1 aliphatic carbocycles. The van der Waals surface area contributed by atoms with E-state index >= 15 is 0 Å². The average molecular weight is 430 g/mol. The maximum Gasteiger partial charge on any atom is 0.417 e. The summed E-state index contributed by atoms with van der Waals surface area (Å²) in [6.07, 6.45) is -2.79. The molecule has 0 unspecified atom stereocenters. The van der Waals surface area contributed by atoms with Crippen LogP contribution in [0.4, 0.5) is 24.5 Å². The maximum absolute atomic E-state index is 13.4. The number of amides is 1. The van der Waals surface area contributed by atoms with Gasteiger partial charge in [-0.25, -0.2) is 0 Å². The standard InChI is InChI=1S/C21H17F3N4OS/c22-21(23,24)17-10-16(7-4-14(17)12-26)27-18(29)20(8-1-9-20)28(19(27)30)15-5-2-13(11-25)3-6-15/h2-7,10H,1,8-9,11,25H2. The molecule has 4 rings (SSSR count). The topological polar surface area (TPSA) is 73.4 Å². The minimum atomic E-state index is -4.72. The zero-order valence-corrected chi connectivity index (χ0v) is 16.6. The molecule has 2 aromatic carbocycles. The summed E-state index contributed by atoms with van der Waals surface area (Å²) in [5, 5.41) is 9.16. The third-order valence-corrected chi connectivity index (χ3v) is 6.08. The van der Waals surface area contributed by atoms with Crippen LogP contribution in [-0.2, 0) is 17.5 Å². The molecule has 1 spiro atoms. The molecule has 1 aliphatic heterocycles. The second kappa shape index (κ2) is 7.07. The van der Waals surface area contributed by atoms with Crippen LogP contribution in [0, 0.1) is 11.3 Å². The lowest BCUT2D eigenvalue weighted by atomic mass is 9.75. The number of halogens is 3. The summed E-state index contributed by atoms with van der Waals surface area (Å²) in [4.78, 5) is 16.3. The summed E-state index contributed by atoms with van der Waals surface area (Å²) in [5.74, 6) is -0.348. The summed E-state index contributed by atoms with van der Waals surface area (Å²) in [7, 11) is 0. The fourth-order valence-corrected chi connectivity index (χ4v) is 4.46. The van der Waals surface area contributed by atoms with E-state index < -0.39 is 22.8 Å². The van der Waals surface area contributed by atoms with Gasteiger partial charge in [0.15, 0.2) is 5.11 Å². The van der Waals surface area contributed by atoms with E-state index in [0.29, 0.717) is 25.1 Å². The maximum atomic E-state index is 13.4. The Morgan fingerprint density at radius 1 is 1.13 bits per heavy atom. The quantitative estimate of drug-likeness (QED) is 0.743. The van der Waals surface area contributed by atoms with Gasteiger partial charge in [0, 0.05) is 12.2 Å². The lowest BCUT2D eigenvalue weighted by molar-refractivity contribution is -0.137. The minimum absolute atomic E-state index is 0.00341. The Morgan fingerprint density at radius 3 is 2.27 bits per heavy atom. The van der Waals surface area contributed by atoms with Gasteiger partial charge in [0.25, 0.3) is 5.91 Å². The van der Waals surface area contributed by atoms with E-state index in [1.807, 2.05) is 24.3 Å². The van der Waals surface area contributed by atoms with Crippen molar-refractivity contribution < 1.29 is 18.0 Å². The highest BCUT2D eigenvalue weighted by atomic mass is 32.1. The highest BCUT2D eigenvalue weighted by Crippen LogP contribution is 2.48. The van der Waals surface area contributed by atoms with Crippen molar-refractivity contribution in [3.8, 4) is 6.07 Å². The predicted molar refractivity (Wildman–Crippen MR) is 110 cm³/mol. The molecule has 2 N–H and O–H groups in total. The Kier molecular flexibility index (Phi) is 4.79. The molecule has 1 heterocycles. The second-order valence-electron chi connectivity index (χ2n) is 7.35. The first kappa shape index (κ1) is 20.3. The van der Waals surface area contributed by atoms with Gasteiger partial charge < -0.3 is 10.6 Å². The van der Waals surface area contributed by atoms with Crippen molar-refractivity contribution in [1.29, 1.82) is 5.26 Å². The molecule has 1 saturated carbocycles. The number of hydrogen-bond donors (Lipinski definition) is 1. The van der Waals surface area contributed by atoms with Gasteiger partial charge in [-0.15, -0.1) is 0 Å². The number of alkyl halides is 3. The van der Waals surface area contributed by atoms with Crippen LogP contribution in [0.1, 0.15) is 36.0 Å². The normalized spacial score (nSPS) is 18.0. The van der Waals surface area contributed by atoms with E-state index in [2.05, 4.69) is 0 Å². The summed E-state index contributed by atoms with van der Waals surface area (Å²) >= 11 is 5.57. The lowest BCUT2D eigenvalue weighted by Crippen LogP contribution is -2.55. The van der Waals surface area contributed by atoms with Crippen LogP contribution in [0.25, 0.3) is 0 Å². The molecule has 154 valence electrons. The van der Waals surface area contributed by atoms with Crippen LogP contribution in [0.2, 0.25) is 0 Å². The fourth-order valence-electron chi connectivity index (χ4n) is 3.99. The molecule has 2 aliphatic rings. The Labute approximate surface area is 176 Å². The zero-order valence-electron chi connectivity index (χ0n) is 15.7. The number of hydrogen-bond acceptors (Lipinski definition) is 4. The highest BCUT2D eigenvalue weighted by Gasteiger charge is 2.59. The molecule has 1 amide bonds. The van der Waals surface area contributed by atoms with E-state index in [4.69, 9.17) is 23.2 Å². The Bertz CT molecular complexity index is 1070. The molecular weight excluding hydrogens is 413 g/mol. The second-order valence-corrected chi connectivity index (χ2v) is 7.72. The zero-order chi connectivity index (χ0) is 21.7. The molecule has 0 radical (unpaired) electrons. The van der Waals surface area contributed by atoms with Gasteiger partial charge in [0.05, 0.1) is 22.9 Å². The minimum Gasteiger partial charge on any atom is -0.326 e. The van der Waals surface area contributed by atoms with Crippen LogP contribution in [-0.4, -0.2) is 16.6 Å². The molecular formula is C21H17F3N4OS. The number of anilines is 2. The van der Waals surface area contributed by atoms with Gasteiger partial charge >= 0.3 is 6.18 Å². The third kappa shape index (κ3) is 2.95. The van der Waals surface area contributed by atoms with Crippen molar-refractivity contribution in [2.24, 2.45) is 5.73 Å². The van der Waals surface area contributed by atoms with Crippen LogP contribution in [0.5, 0.6) is 0 Å². The van der Waals surface area contributed by atoms with E-state index in [9.17, 15) is 18.0 Å². The van der Waals surface area contributed by atoms with Gasteiger partial charge in [-0.2, -0.15) is 18.4 Å². The third-order valence-electron chi connectivity index (χ3n) is 5.71. The Hall–Kier alpha value is -2.96. The van der Waals surface area contributed by atoms with Crippen molar-refractivity contribution >= 4 is 34.6 Å². The summed E-state index contributed by atoms with van der Waals surface area (Å²) in [5.41, 5.74) is 4.77. The van der Waals surface area contributed by atoms with Crippen molar-refractivity contribution in [2.75, 3.05) is 9.80 Å². The molecule has 2 aromatic rings. The Balaban J connectivity index is 1.80. The molecule has 0 aromatic heterocycles. The molecule has 30 heavy (non-hydrogen) atoms. The fraction of sp³-hybridized carbons (Fsp3) is 0.286. The smallest absolute Gasteiger partial charge is 0.326 e. The number of nitrogens with two attached hydrogens (primary N) is 1. The van der Waals surface area contributed by atoms with E-state index in [-0.39, 0.29) is 16.7 Å². The number of rotatable bonds is 3. The predicted octanol–water partition coefficient (Wildman–Crippen LogP) is 4.10. The van der Waals surface area contributed by atoms with Gasteiger partial charge in [-0.3, -0.25) is 9.69 Å². The largest absolute Gasteiger partial charge is 0.417 e. The molecule has 0 bridgehead atoms. The first-order valence-corrected chi connectivity index (χ1v) is 9.73. The lowest BCUT2D eigenvalue weighted by Gasteiger charge is -2.43. The highest BCUT2D eigenvalue weighted by molar-refractivity contribution is 7.81. The first-order chi connectivity index (χ1) is 14.2. The van der Waals surface area contributed by atoms with Crippen molar-refractivity contribution in [2.45, 2.75) is 37.5 Å². The number of carbonyl (C=O) groups is 1. The van der Waals surface area contributed by atoms with Crippen LogP contribution < -0.4 is 15.5 Å². The summed E-state index contributed by atoms with van der Waals surface area (Å²) in [6, 6.07) is 12.0. The summed E-state index contributed by atoms with van der Waals surface area (Å²) in [6.45, 7) is 0.367. The molecule has 5 nitrogen and oxygen atoms in total. The van der Waals surface area contributed by atoms with Gasteiger partial charge in [0.1, 0.15) is 5.54 Å². The molecule has 1 saturated heterocycles. The first-order valence-electron chi connectivity index (χ1n) is 9.32. The van der Waals surface area contributed by atoms with Gasteiger partial charge in [-0.05, 0) is 67.4 Å². The molecule has 9 heteroatoms. The van der Waals surface area contributed by atoms with Crippen molar-refractivity contribution in [1.82, 2.24) is 0 Å².